The summed E-state index contributed by atoms with van der Waals surface area (Å²) in [5.74, 6) is -0.0428. The molecule has 1 amide bonds. The average Bonchev–Trinajstić information content (AvgIpc) is 2.36. The number of amides is 1. The maximum absolute atomic E-state index is 12.0. The van der Waals surface area contributed by atoms with Crippen LogP contribution in [0.3, 0.4) is 0 Å². The Kier molecular flexibility index (Phi) is 4.06. The molecule has 1 aromatic rings. The van der Waals surface area contributed by atoms with Gasteiger partial charge in [0, 0.05) is 25.2 Å². The smallest absolute Gasteiger partial charge is 0.389 e. The average molecular weight is 288 g/mol. The van der Waals surface area contributed by atoms with Gasteiger partial charge in [-0.2, -0.15) is 13.2 Å². The molecule has 1 aliphatic rings. The Balaban J connectivity index is 1.98. The van der Waals surface area contributed by atoms with E-state index in [0.29, 0.717) is 18.0 Å². The Labute approximate surface area is 114 Å². The molecule has 0 fully saturated rings. The van der Waals surface area contributed by atoms with Crippen LogP contribution in [0.15, 0.2) is 18.2 Å². The molecule has 0 saturated heterocycles. The fourth-order valence-corrected chi connectivity index (χ4v) is 1.91. The molecule has 1 N–H and O–H groups in total. The van der Waals surface area contributed by atoms with Crippen molar-refractivity contribution in [2.24, 2.45) is 0 Å². The summed E-state index contributed by atoms with van der Waals surface area (Å²) in [5.41, 5.74) is 1.33. The first kappa shape index (κ1) is 14.5. The highest BCUT2D eigenvalue weighted by Gasteiger charge is 2.28. The lowest BCUT2D eigenvalue weighted by Crippen LogP contribution is -2.28. The standard InChI is InChI=1S/C13H15F3N2O2/c1-18-6-7-20-11-8-9(2-3-10(11)18)17-12(19)4-5-13(14,15)16/h2-3,8H,4-7H2,1H3,(H,17,19). The van der Waals surface area contributed by atoms with Crippen molar-refractivity contribution in [3.8, 4) is 5.75 Å². The lowest BCUT2D eigenvalue weighted by Gasteiger charge is -2.27. The summed E-state index contributed by atoms with van der Waals surface area (Å²) in [4.78, 5) is 13.4. The van der Waals surface area contributed by atoms with Gasteiger partial charge in [0.25, 0.3) is 0 Å². The number of hydrogen-bond donors (Lipinski definition) is 1. The van der Waals surface area contributed by atoms with Crippen LogP contribution >= 0.6 is 0 Å². The number of nitrogens with one attached hydrogen (secondary N) is 1. The Hall–Kier alpha value is -1.92. The van der Waals surface area contributed by atoms with Crippen molar-refractivity contribution in [1.82, 2.24) is 0 Å². The molecule has 0 bridgehead atoms. The third-order valence-electron chi connectivity index (χ3n) is 2.97. The Morgan fingerprint density at radius 2 is 2.20 bits per heavy atom. The van der Waals surface area contributed by atoms with E-state index in [2.05, 4.69) is 5.32 Å². The second-order valence-corrected chi connectivity index (χ2v) is 4.62. The Morgan fingerprint density at radius 3 is 2.90 bits per heavy atom. The zero-order valence-electron chi connectivity index (χ0n) is 11.0. The first-order valence-corrected chi connectivity index (χ1v) is 6.20. The van der Waals surface area contributed by atoms with Gasteiger partial charge in [0.05, 0.1) is 18.7 Å². The van der Waals surface area contributed by atoms with Gasteiger partial charge >= 0.3 is 6.18 Å². The van der Waals surface area contributed by atoms with E-state index in [1.807, 2.05) is 11.9 Å². The van der Waals surface area contributed by atoms with Crippen LogP contribution in [0.25, 0.3) is 0 Å². The number of halogens is 3. The minimum atomic E-state index is -4.32. The first-order valence-electron chi connectivity index (χ1n) is 6.20. The molecule has 110 valence electrons. The van der Waals surface area contributed by atoms with Crippen molar-refractivity contribution >= 4 is 17.3 Å². The largest absolute Gasteiger partial charge is 0.489 e. The van der Waals surface area contributed by atoms with Gasteiger partial charge in [-0.15, -0.1) is 0 Å². The van der Waals surface area contributed by atoms with Gasteiger partial charge in [-0.05, 0) is 12.1 Å². The number of carbonyl (C=O) groups is 1. The van der Waals surface area contributed by atoms with Gasteiger partial charge < -0.3 is 15.0 Å². The molecule has 2 rings (SSSR count). The summed E-state index contributed by atoms with van der Waals surface area (Å²) >= 11 is 0. The predicted octanol–water partition coefficient (Wildman–Crippen LogP) is 2.80. The van der Waals surface area contributed by atoms with E-state index in [-0.39, 0.29) is 0 Å². The highest BCUT2D eigenvalue weighted by atomic mass is 19.4. The van der Waals surface area contributed by atoms with Crippen molar-refractivity contribution in [2.75, 3.05) is 30.4 Å². The third-order valence-corrected chi connectivity index (χ3v) is 2.97. The first-order chi connectivity index (χ1) is 9.35. The van der Waals surface area contributed by atoms with Crippen molar-refractivity contribution in [2.45, 2.75) is 19.0 Å². The maximum atomic E-state index is 12.0. The van der Waals surface area contributed by atoms with E-state index in [1.54, 1.807) is 18.2 Å². The molecular formula is C13H15F3N2O2. The second kappa shape index (κ2) is 5.60. The van der Waals surface area contributed by atoms with E-state index < -0.39 is 24.9 Å². The van der Waals surface area contributed by atoms with Crippen molar-refractivity contribution in [3.05, 3.63) is 18.2 Å². The van der Waals surface area contributed by atoms with Crippen LogP contribution in [-0.4, -0.2) is 32.3 Å². The Morgan fingerprint density at radius 1 is 1.45 bits per heavy atom. The molecule has 0 atom stereocenters. The van der Waals surface area contributed by atoms with Crippen LogP contribution in [0.5, 0.6) is 5.75 Å². The SMILES string of the molecule is CN1CCOc2cc(NC(=O)CCC(F)(F)F)ccc21. The number of alkyl halides is 3. The minimum Gasteiger partial charge on any atom is -0.489 e. The van der Waals surface area contributed by atoms with Crippen LogP contribution < -0.4 is 15.0 Å². The number of hydrogen-bond acceptors (Lipinski definition) is 3. The predicted molar refractivity (Wildman–Crippen MR) is 69.1 cm³/mol. The minimum absolute atomic E-state index is 0.436. The van der Waals surface area contributed by atoms with Crippen LogP contribution in [-0.2, 0) is 4.79 Å². The fraction of sp³-hybridized carbons (Fsp3) is 0.462. The molecular weight excluding hydrogens is 273 g/mol. The summed E-state index contributed by atoms with van der Waals surface area (Å²) in [5, 5.41) is 2.44. The summed E-state index contributed by atoms with van der Waals surface area (Å²) in [6.07, 6.45) is -6.02. The summed E-state index contributed by atoms with van der Waals surface area (Å²) in [7, 11) is 1.92. The molecule has 7 heteroatoms. The number of nitrogens with zero attached hydrogens (tertiary/aromatic N) is 1. The number of rotatable bonds is 3. The van der Waals surface area contributed by atoms with Gasteiger partial charge in [0.15, 0.2) is 0 Å². The number of benzene rings is 1. The maximum Gasteiger partial charge on any atom is 0.389 e. The van der Waals surface area contributed by atoms with E-state index in [9.17, 15) is 18.0 Å². The lowest BCUT2D eigenvalue weighted by molar-refractivity contribution is -0.142. The molecule has 1 aliphatic heterocycles. The molecule has 1 aromatic carbocycles. The topological polar surface area (TPSA) is 41.6 Å². The Bertz CT molecular complexity index is 503. The van der Waals surface area contributed by atoms with Crippen LogP contribution in [0.2, 0.25) is 0 Å². The number of carbonyl (C=O) groups excluding carboxylic acids is 1. The molecule has 0 radical (unpaired) electrons. The van der Waals surface area contributed by atoms with Crippen LogP contribution in [0, 0.1) is 0 Å². The zero-order valence-corrected chi connectivity index (χ0v) is 11.0. The second-order valence-electron chi connectivity index (χ2n) is 4.62. The lowest BCUT2D eigenvalue weighted by atomic mass is 10.2. The molecule has 1 heterocycles. The van der Waals surface area contributed by atoms with E-state index in [1.165, 1.54) is 0 Å². The summed E-state index contributed by atoms with van der Waals surface area (Å²) in [6, 6.07) is 5.04. The van der Waals surface area contributed by atoms with Gasteiger partial charge in [-0.3, -0.25) is 4.79 Å². The van der Waals surface area contributed by atoms with Gasteiger partial charge in [-0.25, -0.2) is 0 Å². The van der Waals surface area contributed by atoms with Crippen LogP contribution in [0.4, 0.5) is 24.5 Å². The van der Waals surface area contributed by atoms with Crippen LogP contribution in [0.1, 0.15) is 12.8 Å². The van der Waals surface area contributed by atoms with Crippen molar-refractivity contribution in [1.29, 1.82) is 0 Å². The molecule has 0 aromatic heterocycles. The van der Waals surface area contributed by atoms with Crippen molar-refractivity contribution in [3.63, 3.8) is 0 Å². The number of anilines is 2. The molecule has 4 nitrogen and oxygen atoms in total. The number of ether oxygens (including phenoxy) is 1. The van der Waals surface area contributed by atoms with E-state index >= 15 is 0 Å². The normalized spacial score (nSPS) is 14.5. The zero-order chi connectivity index (χ0) is 14.8. The molecule has 20 heavy (non-hydrogen) atoms. The monoisotopic (exact) mass is 288 g/mol. The number of likely N-dealkylation sites (N-methyl/N-ethyl adjacent to an activating group) is 1. The summed E-state index contributed by atoms with van der Waals surface area (Å²) < 4.78 is 41.5. The number of fused-ring (bicyclic) bond motifs is 1. The third kappa shape index (κ3) is 3.79. The highest BCUT2D eigenvalue weighted by molar-refractivity contribution is 5.91. The fourth-order valence-electron chi connectivity index (χ4n) is 1.91. The van der Waals surface area contributed by atoms with Gasteiger partial charge in [-0.1, -0.05) is 0 Å². The van der Waals surface area contributed by atoms with E-state index in [4.69, 9.17) is 4.74 Å². The summed E-state index contributed by atoms with van der Waals surface area (Å²) in [6.45, 7) is 1.30. The molecule has 0 unspecified atom stereocenters. The van der Waals surface area contributed by atoms with Crippen molar-refractivity contribution < 1.29 is 22.7 Å². The van der Waals surface area contributed by atoms with Gasteiger partial charge in [0.1, 0.15) is 12.4 Å². The molecule has 0 aliphatic carbocycles. The quantitative estimate of drug-likeness (QED) is 0.930. The molecule has 0 spiro atoms. The highest BCUT2D eigenvalue weighted by Crippen LogP contribution is 2.33. The van der Waals surface area contributed by atoms with Gasteiger partial charge in [0.2, 0.25) is 5.91 Å². The molecule has 0 saturated carbocycles. The van der Waals surface area contributed by atoms with E-state index in [0.717, 1.165) is 12.2 Å².